The molecule has 0 saturated carbocycles. The first-order chi connectivity index (χ1) is 9.92. The summed E-state index contributed by atoms with van der Waals surface area (Å²) in [5.41, 5.74) is 1.62. The zero-order valence-corrected chi connectivity index (χ0v) is 13.2. The summed E-state index contributed by atoms with van der Waals surface area (Å²) in [7, 11) is 0. The fourth-order valence-electron chi connectivity index (χ4n) is 1.79. The maximum Gasteiger partial charge on any atom is 0.335 e. The van der Waals surface area contributed by atoms with Crippen LogP contribution in [0.1, 0.15) is 39.7 Å². The van der Waals surface area contributed by atoms with E-state index in [1.54, 1.807) is 20.8 Å². The number of carbonyl (C=O) groups excluding carboxylic acids is 1. The van der Waals surface area contributed by atoms with Gasteiger partial charge in [-0.15, -0.1) is 0 Å². The highest BCUT2D eigenvalue weighted by Gasteiger charge is 2.14. The largest absolute Gasteiger partial charge is 0.465 e. The minimum absolute atomic E-state index is 0.338. The molecule has 0 fully saturated rings. The van der Waals surface area contributed by atoms with Gasteiger partial charge in [-0.2, -0.15) is 0 Å². The molecule has 0 bridgehead atoms. The normalized spacial score (nSPS) is 13.3. The second-order valence-electron chi connectivity index (χ2n) is 4.97. The Bertz CT molecular complexity index is 464. The van der Waals surface area contributed by atoms with E-state index in [1.165, 1.54) is 5.56 Å². The van der Waals surface area contributed by atoms with Crippen molar-refractivity contribution in [2.24, 2.45) is 0 Å². The van der Waals surface area contributed by atoms with Crippen LogP contribution in [0.15, 0.2) is 36.4 Å². The summed E-state index contributed by atoms with van der Waals surface area (Å²) in [6, 6.07) is 7.90. The molecule has 0 saturated heterocycles. The van der Waals surface area contributed by atoms with Gasteiger partial charge in [0.05, 0.1) is 0 Å². The predicted molar refractivity (Wildman–Crippen MR) is 82.0 cm³/mol. The fraction of sp³-hybridized carbons (Fsp3) is 0.471. The summed E-state index contributed by atoms with van der Waals surface area (Å²) in [5.74, 6) is 0.249. The zero-order valence-electron chi connectivity index (χ0n) is 13.2. The van der Waals surface area contributed by atoms with Crippen molar-refractivity contribution in [3.63, 3.8) is 0 Å². The third-order valence-corrected chi connectivity index (χ3v) is 2.77. The van der Waals surface area contributed by atoms with Gasteiger partial charge in [-0.1, -0.05) is 32.1 Å². The van der Waals surface area contributed by atoms with E-state index in [2.05, 4.69) is 13.5 Å². The summed E-state index contributed by atoms with van der Waals surface area (Å²) in [6.45, 7) is 10.7. The lowest BCUT2D eigenvalue weighted by molar-refractivity contribution is -0.205. The van der Waals surface area contributed by atoms with E-state index < -0.39 is 18.5 Å². The van der Waals surface area contributed by atoms with Gasteiger partial charge in [0, 0.05) is 5.57 Å². The minimum atomic E-state index is -0.691. The second kappa shape index (κ2) is 8.47. The van der Waals surface area contributed by atoms with Gasteiger partial charge in [0.15, 0.2) is 0 Å². The van der Waals surface area contributed by atoms with E-state index >= 15 is 0 Å². The summed E-state index contributed by atoms with van der Waals surface area (Å²) in [4.78, 5) is 11.3. The molecule has 2 unspecified atom stereocenters. The van der Waals surface area contributed by atoms with Gasteiger partial charge in [0.1, 0.15) is 5.75 Å². The molecule has 0 heterocycles. The number of benzene rings is 1. The van der Waals surface area contributed by atoms with E-state index in [1.807, 2.05) is 24.3 Å². The molecule has 116 valence electrons. The standard InChI is InChI=1S/C17H24O4/c1-6-7-15-8-10-16(11-9-15)20-13(4)19-14(5)21-17(18)12(2)3/h8-11,13-14H,2,6-7H2,1,3-5H3. The van der Waals surface area contributed by atoms with Gasteiger partial charge in [-0.25, -0.2) is 4.79 Å². The average Bonchev–Trinajstić information content (AvgIpc) is 2.40. The summed E-state index contributed by atoms with van der Waals surface area (Å²) in [5, 5.41) is 0. The Morgan fingerprint density at radius 3 is 2.33 bits per heavy atom. The lowest BCUT2D eigenvalue weighted by atomic mass is 10.1. The Labute approximate surface area is 126 Å². The van der Waals surface area contributed by atoms with Crippen molar-refractivity contribution in [1.82, 2.24) is 0 Å². The zero-order chi connectivity index (χ0) is 15.8. The highest BCUT2D eigenvalue weighted by molar-refractivity contribution is 5.86. The summed E-state index contributed by atoms with van der Waals surface area (Å²) in [6.07, 6.45) is 0.962. The van der Waals surface area contributed by atoms with Gasteiger partial charge in [0.25, 0.3) is 0 Å². The monoisotopic (exact) mass is 292 g/mol. The molecule has 21 heavy (non-hydrogen) atoms. The van der Waals surface area contributed by atoms with Crippen LogP contribution in [0.25, 0.3) is 0 Å². The molecule has 2 atom stereocenters. The molecule has 0 aliphatic heterocycles. The minimum Gasteiger partial charge on any atom is -0.465 e. The quantitative estimate of drug-likeness (QED) is 0.415. The smallest absolute Gasteiger partial charge is 0.335 e. The van der Waals surface area contributed by atoms with E-state index in [4.69, 9.17) is 14.2 Å². The van der Waals surface area contributed by atoms with Gasteiger partial charge in [-0.05, 0) is 44.9 Å². The first-order valence-electron chi connectivity index (χ1n) is 7.20. The lowest BCUT2D eigenvalue weighted by Crippen LogP contribution is -2.26. The van der Waals surface area contributed by atoms with Crippen LogP contribution in [-0.4, -0.2) is 18.5 Å². The third-order valence-electron chi connectivity index (χ3n) is 2.77. The second-order valence-corrected chi connectivity index (χ2v) is 4.97. The maximum atomic E-state index is 11.3. The molecule has 0 aliphatic rings. The maximum absolute atomic E-state index is 11.3. The van der Waals surface area contributed by atoms with Gasteiger partial charge < -0.3 is 14.2 Å². The third kappa shape index (κ3) is 6.45. The van der Waals surface area contributed by atoms with Crippen molar-refractivity contribution in [2.75, 3.05) is 0 Å². The molecular formula is C17H24O4. The molecule has 1 aromatic rings. The topological polar surface area (TPSA) is 44.8 Å². The fourth-order valence-corrected chi connectivity index (χ4v) is 1.79. The molecule has 0 aromatic heterocycles. The molecule has 0 spiro atoms. The SMILES string of the molecule is C=C(C)C(=O)OC(C)OC(C)Oc1ccc(CCC)cc1. The van der Waals surface area contributed by atoms with Crippen LogP contribution in [-0.2, 0) is 20.7 Å². The van der Waals surface area contributed by atoms with E-state index in [0.717, 1.165) is 18.6 Å². The molecule has 1 aromatic carbocycles. The van der Waals surface area contributed by atoms with Crippen molar-refractivity contribution in [3.05, 3.63) is 42.0 Å². The van der Waals surface area contributed by atoms with Crippen LogP contribution in [0.3, 0.4) is 0 Å². The summed E-state index contributed by atoms with van der Waals surface area (Å²) >= 11 is 0. The highest BCUT2D eigenvalue weighted by atomic mass is 16.8. The Morgan fingerprint density at radius 2 is 1.81 bits per heavy atom. The number of aryl methyl sites for hydroxylation is 1. The molecule has 0 N–H and O–H groups in total. The number of ether oxygens (including phenoxy) is 3. The van der Waals surface area contributed by atoms with Gasteiger partial charge in [-0.3, -0.25) is 0 Å². The first-order valence-corrected chi connectivity index (χ1v) is 7.20. The molecule has 4 heteroatoms. The number of esters is 1. The van der Waals surface area contributed by atoms with E-state index in [9.17, 15) is 4.79 Å². The molecule has 1 rings (SSSR count). The Hall–Kier alpha value is -1.81. The molecular weight excluding hydrogens is 268 g/mol. The van der Waals surface area contributed by atoms with Crippen molar-refractivity contribution in [3.8, 4) is 5.75 Å². The van der Waals surface area contributed by atoms with E-state index in [-0.39, 0.29) is 0 Å². The molecule has 0 radical (unpaired) electrons. The predicted octanol–water partition coefficient (Wildman–Crippen LogP) is 3.85. The van der Waals surface area contributed by atoms with Crippen LogP contribution < -0.4 is 4.74 Å². The van der Waals surface area contributed by atoms with Crippen molar-refractivity contribution < 1.29 is 19.0 Å². The first kappa shape index (κ1) is 17.2. The van der Waals surface area contributed by atoms with Crippen molar-refractivity contribution >= 4 is 5.97 Å². The Kier molecular flexibility index (Phi) is 6.96. The lowest BCUT2D eigenvalue weighted by Gasteiger charge is -2.20. The van der Waals surface area contributed by atoms with Crippen LogP contribution in [0.5, 0.6) is 5.75 Å². The van der Waals surface area contributed by atoms with Crippen molar-refractivity contribution in [2.45, 2.75) is 53.1 Å². The van der Waals surface area contributed by atoms with Gasteiger partial charge in [0.2, 0.25) is 12.6 Å². The van der Waals surface area contributed by atoms with Crippen LogP contribution in [0.4, 0.5) is 0 Å². The number of carbonyl (C=O) groups is 1. The average molecular weight is 292 g/mol. The Balaban J connectivity index is 2.43. The van der Waals surface area contributed by atoms with Crippen molar-refractivity contribution in [1.29, 1.82) is 0 Å². The molecule has 0 aliphatic carbocycles. The van der Waals surface area contributed by atoms with Crippen LogP contribution in [0.2, 0.25) is 0 Å². The number of hydrogen-bond acceptors (Lipinski definition) is 4. The van der Waals surface area contributed by atoms with Crippen LogP contribution >= 0.6 is 0 Å². The highest BCUT2D eigenvalue weighted by Crippen LogP contribution is 2.16. The van der Waals surface area contributed by atoms with Crippen LogP contribution in [0, 0.1) is 0 Å². The molecule has 4 nitrogen and oxygen atoms in total. The van der Waals surface area contributed by atoms with E-state index in [0.29, 0.717) is 5.57 Å². The van der Waals surface area contributed by atoms with Gasteiger partial charge >= 0.3 is 5.97 Å². The number of hydrogen-bond donors (Lipinski definition) is 0. The summed E-state index contributed by atoms with van der Waals surface area (Å²) < 4.78 is 16.1. The molecule has 0 amide bonds. The Morgan fingerprint density at radius 1 is 1.19 bits per heavy atom. The number of rotatable bonds is 8.